The van der Waals surface area contributed by atoms with E-state index in [9.17, 15) is 19.0 Å². The molecule has 0 aromatic rings. The van der Waals surface area contributed by atoms with Gasteiger partial charge in [-0.2, -0.15) is 0 Å². The number of carbonyl (C=O) groups excluding carboxylic acids is 2. The van der Waals surface area contributed by atoms with Gasteiger partial charge in [0.2, 0.25) is 5.91 Å². The minimum atomic E-state index is -4.70. The van der Waals surface area contributed by atoms with Crippen LogP contribution in [0.25, 0.3) is 0 Å². The van der Waals surface area contributed by atoms with E-state index in [0.29, 0.717) is 17.4 Å². The molecular formula is C65H121N2O7P. The Morgan fingerprint density at radius 1 is 0.480 bits per heavy atom. The molecule has 0 heterocycles. The number of hydrogen-bond donors (Lipinski definition) is 1. The molecule has 0 aliphatic rings. The Hall–Kier alpha value is -2.29. The van der Waals surface area contributed by atoms with Crippen molar-refractivity contribution in [1.29, 1.82) is 0 Å². The highest BCUT2D eigenvalue weighted by Gasteiger charge is 2.27. The van der Waals surface area contributed by atoms with E-state index >= 15 is 0 Å². The third kappa shape index (κ3) is 56.2. The second-order valence-electron chi connectivity index (χ2n) is 22.6. The van der Waals surface area contributed by atoms with Crippen LogP contribution in [0.15, 0.2) is 60.8 Å². The van der Waals surface area contributed by atoms with Gasteiger partial charge in [0, 0.05) is 12.8 Å². The van der Waals surface area contributed by atoms with Gasteiger partial charge < -0.3 is 28.5 Å². The number of allylic oxidation sites excluding steroid dienone is 9. The number of rotatable bonds is 57. The number of nitrogens with zero attached hydrogens (tertiary/aromatic N) is 1. The molecule has 0 fully saturated rings. The third-order valence-electron chi connectivity index (χ3n) is 13.9. The van der Waals surface area contributed by atoms with Crippen molar-refractivity contribution in [3.05, 3.63) is 60.8 Å². The van der Waals surface area contributed by atoms with Gasteiger partial charge in [-0.1, -0.05) is 249 Å². The monoisotopic (exact) mass is 1070 g/mol. The van der Waals surface area contributed by atoms with Crippen molar-refractivity contribution in [2.45, 2.75) is 303 Å². The molecule has 3 unspecified atom stereocenters. The van der Waals surface area contributed by atoms with Gasteiger partial charge in [0.25, 0.3) is 7.82 Å². The summed E-state index contributed by atoms with van der Waals surface area (Å²) in [5.41, 5.74) is 0. The summed E-state index contributed by atoms with van der Waals surface area (Å²) >= 11 is 0. The highest BCUT2D eigenvalue weighted by molar-refractivity contribution is 7.45. The molecule has 10 heteroatoms. The zero-order valence-electron chi connectivity index (χ0n) is 50.0. The Morgan fingerprint density at radius 2 is 0.853 bits per heavy atom. The molecule has 0 bridgehead atoms. The number of phosphoric acid groups is 1. The first-order valence-electron chi connectivity index (χ1n) is 31.6. The summed E-state index contributed by atoms with van der Waals surface area (Å²) in [6.45, 7) is 6.79. The second-order valence-corrected chi connectivity index (χ2v) is 24.0. The van der Waals surface area contributed by atoms with Crippen LogP contribution in [-0.4, -0.2) is 69.4 Å². The minimum absolute atomic E-state index is 0.0254. The largest absolute Gasteiger partial charge is 0.756 e. The predicted molar refractivity (Wildman–Crippen MR) is 321 cm³/mol. The van der Waals surface area contributed by atoms with Crippen molar-refractivity contribution in [3.63, 3.8) is 0 Å². The van der Waals surface area contributed by atoms with Crippen LogP contribution in [0, 0.1) is 0 Å². The van der Waals surface area contributed by atoms with Crippen LogP contribution in [-0.2, 0) is 27.9 Å². The van der Waals surface area contributed by atoms with Crippen LogP contribution in [0.2, 0.25) is 0 Å². The van der Waals surface area contributed by atoms with E-state index in [0.717, 1.165) is 96.3 Å². The maximum absolute atomic E-state index is 13.5. The van der Waals surface area contributed by atoms with Crippen molar-refractivity contribution in [3.8, 4) is 0 Å². The lowest BCUT2D eigenvalue weighted by molar-refractivity contribution is -0.870. The van der Waals surface area contributed by atoms with Crippen LogP contribution >= 0.6 is 7.82 Å². The van der Waals surface area contributed by atoms with Gasteiger partial charge in [-0.3, -0.25) is 14.2 Å². The highest BCUT2D eigenvalue weighted by atomic mass is 31.2. The number of nitrogens with one attached hydrogen (secondary N) is 1. The molecule has 0 radical (unpaired) electrons. The predicted octanol–water partition coefficient (Wildman–Crippen LogP) is 18.8. The van der Waals surface area contributed by atoms with E-state index in [1.807, 2.05) is 33.3 Å². The lowest BCUT2D eigenvalue weighted by atomic mass is 10.0. The number of likely N-dealkylation sites (N-methyl/N-ethyl adjacent to an activating group) is 1. The molecule has 438 valence electrons. The fraction of sp³-hybridized carbons (Fsp3) is 0.815. The molecule has 3 atom stereocenters. The third-order valence-corrected chi connectivity index (χ3v) is 14.9. The van der Waals surface area contributed by atoms with Crippen LogP contribution < -0.4 is 10.2 Å². The Balaban J connectivity index is 5.14. The number of amides is 1. The maximum Gasteiger partial charge on any atom is 0.306 e. The van der Waals surface area contributed by atoms with E-state index in [1.54, 1.807) is 0 Å². The first kappa shape index (κ1) is 72.7. The normalized spacial score (nSPS) is 14.1. The van der Waals surface area contributed by atoms with Crippen LogP contribution in [0.3, 0.4) is 0 Å². The standard InChI is InChI=1S/C65H121N2O7P/c1-7-10-13-16-19-22-25-27-29-30-31-32-33-34-35-36-38-40-43-46-49-52-55-58-65(69)74-63(56-53-50-47-44-41-24-21-18-15-12-9-3)62(61-73-75(70,71)72-60-59-67(4,5)6)66-64(68)57-54-51-48-45-42-39-37-28-26-23-20-17-14-11-8-2/h19-20,22-23,26-29,53,56,62-63H,7-18,21,24-25,30-52,54-55,57-61H2,1-6H3,(H-,66,68,70,71)/b22-19-,23-20+,28-26+,29-27-,56-53-. The second kappa shape index (κ2) is 55.0. The number of hydrogen-bond acceptors (Lipinski definition) is 7. The molecule has 75 heavy (non-hydrogen) atoms. The van der Waals surface area contributed by atoms with Crippen molar-refractivity contribution in [1.82, 2.24) is 5.32 Å². The lowest BCUT2D eigenvalue weighted by Gasteiger charge is -2.30. The van der Waals surface area contributed by atoms with E-state index in [4.69, 9.17) is 13.8 Å². The molecule has 9 nitrogen and oxygen atoms in total. The van der Waals surface area contributed by atoms with Gasteiger partial charge in [0.05, 0.1) is 33.8 Å². The maximum atomic E-state index is 13.5. The number of phosphoric ester groups is 1. The van der Waals surface area contributed by atoms with Gasteiger partial charge in [-0.05, 0) is 89.5 Å². The number of esters is 1. The van der Waals surface area contributed by atoms with Gasteiger partial charge >= 0.3 is 5.97 Å². The van der Waals surface area contributed by atoms with Crippen LogP contribution in [0.1, 0.15) is 290 Å². The molecule has 0 aliphatic heterocycles. The molecule has 0 rings (SSSR count). The highest BCUT2D eigenvalue weighted by Crippen LogP contribution is 2.38. The van der Waals surface area contributed by atoms with Crippen molar-refractivity contribution < 1.29 is 37.3 Å². The Kier molecular flexibility index (Phi) is 53.4. The summed E-state index contributed by atoms with van der Waals surface area (Å²) in [5.74, 6) is -0.550. The summed E-state index contributed by atoms with van der Waals surface area (Å²) in [7, 11) is 1.18. The van der Waals surface area contributed by atoms with E-state index in [-0.39, 0.29) is 24.9 Å². The average molecular weight is 1070 g/mol. The number of carbonyl (C=O) groups is 2. The zero-order valence-corrected chi connectivity index (χ0v) is 50.9. The van der Waals surface area contributed by atoms with Gasteiger partial charge in [0.1, 0.15) is 19.3 Å². The van der Waals surface area contributed by atoms with E-state index in [1.165, 1.54) is 161 Å². The topological polar surface area (TPSA) is 114 Å². The van der Waals surface area contributed by atoms with Gasteiger partial charge in [-0.25, -0.2) is 0 Å². The molecule has 0 spiro atoms. The van der Waals surface area contributed by atoms with Crippen LogP contribution in [0.5, 0.6) is 0 Å². The molecule has 0 saturated carbocycles. The summed E-state index contributed by atoms with van der Waals surface area (Å²) < 4.78 is 30.3. The molecule has 0 saturated heterocycles. The van der Waals surface area contributed by atoms with Crippen molar-refractivity contribution in [2.75, 3.05) is 40.9 Å². The fourth-order valence-corrected chi connectivity index (χ4v) is 9.74. The summed E-state index contributed by atoms with van der Waals surface area (Å²) in [5, 5.41) is 3.02. The number of unbranched alkanes of at least 4 members (excludes halogenated alkanes) is 34. The molecular weight excluding hydrogens is 952 g/mol. The number of quaternary nitrogens is 1. The van der Waals surface area contributed by atoms with Crippen molar-refractivity contribution >= 4 is 19.7 Å². The lowest BCUT2D eigenvalue weighted by Crippen LogP contribution is -2.47. The fourth-order valence-electron chi connectivity index (χ4n) is 9.01. The van der Waals surface area contributed by atoms with E-state index < -0.39 is 26.6 Å². The molecule has 1 N–H and O–H groups in total. The minimum Gasteiger partial charge on any atom is -0.756 e. The van der Waals surface area contributed by atoms with Crippen LogP contribution in [0.4, 0.5) is 0 Å². The Labute approximate surface area is 464 Å². The molecule has 0 aromatic carbocycles. The number of ether oxygens (including phenoxy) is 1. The summed E-state index contributed by atoms with van der Waals surface area (Å²) in [6, 6.07) is -0.894. The smallest absolute Gasteiger partial charge is 0.306 e. The summed E-state index contributed by atoms with van der Waals surface area (Å²) in [4.78, 5) is 40.0. The van der Waals surface area contributed by atoms with Gasteiger partial charge in [-0.15, -0.1) is 0 Å². The Bertz CT molecular complexity index is 1470. The van der Waals surface area contributed by atoms with Crippen molar-refractivity contribution in [2.24, 2.45) is 0 Å². The van der Waals surface area contributed by atoms with Gasteiger partial charge in [0.15, 0.2) is 0 Å². The first-order chi connectivity index (χ1) is 36.4. The molecule has 1 amide bonds. The quantitative estimate of drug-likeness (QED) is 0.0161. The Morgan fingerprint density at radius 3 is 1.31 bits per heavy atom. The molecule has 0 aromatic heterocycles. The SMILES string of the molecule is CCCCC/C=C\C/C=C\CCCCCCCCCCCCCCCC(=O)OC(/C=C\CCCCCCCCCCC)C(COP(=O)([O-])OCC[N+](C)(C)C)NC(=O)CCCCCCCC/C=C/C=C/CCCCC. The van der Waals surface area contributed by atoms with E-state index in [2.05, 4.69) is 74.7 Å². The average Bonchev–Trinajstić information content (AvgIpc) is 3.37. The molecule has 0 aliphatic carbocycles. The summed E-state index contributed by atoms with van der Waals surface area (Å²) in [6.07, 6.45) is 69.0. The zero-order chi connectivity index (χ0) is 55.0. The first-order valence-corrected chi connectivity index (χ1v) is 33.1.